The third kappa shape index (κ3) is 4.59. The van der Waals surface area contributed by atoms with Crippen LogP contribution in [0, 0.1) is 11.6 Å². The molecule has 0 aliphatic rings. The molecule has 1 nitrogen and oxygen atoms in total. The van der Waals surface area contributed by atoms with Crippen LogP contribution in [0.2, 0.25) is 0 Å². The molecule has 27 heavy (non-hydrogen) atoms. The van der Waals surface area contributed by atoms with Gasteiger partial charge in [0.1, 0.15) is 0 Å². The summed E-state index contributed by atoms with van der Waals surface area (Å²) in [7, 11) is 0. The van der Waals surface area contributed by atoms with Gasteiger partial charge in [0.15, 0.2) is 17.4 Å². The molecule has 0 fully saturated rings. The molecule has 3 aromatic carbocycles. The van der Waals surface area contributed by atoms with Crippen molar-refractivity contribution in [1.29, 1.82) is 0 Å². The molecule has 0 bridgehead atoms. The van der Waals surface area contributed by atoms with Crippen LogP contribution in [-0.2, 0) is 6.42 Å². The Bertz CT molecular complexity index is 914. The summed E-state index contributed by atoms with van der Waals surface area (Å²) in [5, 5.41) is 1.99. The first-order valence-electron chi connectivity index (χ1n) is 8.95. The van der Waals surface area contributed by atoms with E-state index >= 15 is 0 Å². The molecule has 0 amide bonds. The Morgan fingerprint density at radius 2 is 1.48 bits per heavy atom. The fourth-order valence-corrected chi connectivity index (χ4v) is 3.14. The lowest BCUT2D eigenvalue weighted by atomic mass is 9.98. The van der Waals surface area contributed by atoms with E-state index < -0.39 is 24.0 Å². The van der Waals surface area contributed by atoms with Gasteiger partial charge in [-0.3, -0.25) is 0 Å². The quantitative estimate of drug-likeness (QED) is 0.315. The molecule has 0 N–H and O–H groups in total. The van der Waals surface area contributed by atoms with Crippen molar-refractivity contribution in [3.05, 3.63) is 65.7 Å². The van der Waals surface area contributed by atoms with Crippen molar-refractivity contribution < 1.29 is 22.3 Å². The number of rotatable bonds is 7. The highest BCUT2D eigenvalue weighted by Crippen LogP contribution is 2.31. The van der Waals surface area contributed by atoms with Crippen LogP contribution in [-0.4, -0.2) is 6.61 Å². The van der Waals surface area contributed by atoms with Gasteiger partial charge in [-0.2, -0.15) is 8.78 Å². The maximum Gasteiger partial charge on any atom is 0.387 e. The summed E-state index contributed by atoms with van der Waals surface area (Å²) in [5.74, 6) is -3.38. The van der Waals surface area contributed by atoms with Crippen LogP contribution >= 0.6 is 0 Å². The Balaban J connectivity index is 1.90. The maximum atomic E-state index is 14.0. The van der Waals surface area contributed by atoms with Crippen molar-refractivity contribution in [2.24, 2.45) is 0 Å². The van der Waals surface area contributed by atoms with Gasteiger partial charge in [0, 0.05) is 0 Å². The van der Waals surface area contributed by atoms with Crippen LogP contribution in [0.15, 0.2) is 48.5 Å². The van der Waals surface area contributed by atoms with Crippen LogP contribution in [0.4, 0.5) is 17.6 Å². The molecule has 3 rings (SSSR count). The summed E-state index contributed by atoms with van der Waals surface area (Å²) in [6.45, 7) is -1.12. The van der Waals surface area contributed by atoms with Gasteiger partial charge in [0.2, 0.25) is 0 Å². The normalized spacial score (nSPS) is 11.3. The first kappa shape index (κ1) is 19.2. The lowest BCUT2D eigenvalue weighted by Crippen LogP contribution is -2.06. The minimum absolute atomic E-state index is 0.264. The Labute approximate surface area is 155 Å². The van der Waals surface area contributed by atoms with Crippen molar-refractivity contribution in [3.63, 3.8) is 0 Å². The summed E-state index contributed by atoms with van der Waals surface area (Å²) in [6.07, 6.45) is 4.53. The minimum atomic E-state index is -3.29. The van der Waals surface area contributed by atoms with Crippen molar-refractivity contribution in [3.8, 4) is 16.9 Å². The van der Waals surface area contributed by atoms with E-state index in [9.17, 15) is 17.6 Å². The molecular weight excluding hydrogens is 356 g/mol. The number of unbranched alkanes of at least 4 members (excludes halogenated alkanes) is 2. The van der Waals surface area contributed by atoms with E-state index in [-0.39, 0.29) is 5.56 Å². The van der Waals surface area contributed by atoms with Crippen LogP contribution in [0.3, 0.4) is 0 Å². The SMILES string of the molecule is CCCCCc1ccc2cc(-c3cc(F)c(OC(F)F)c(F)c3)ccc2c1. The van der Waals surface area contributed by atoms with E-state index in [1.807, 2.05) is 18.2 Å². The van der Waals surface area contributed by atoms with E-state index in [0.29, 0.717) is 5.56 Å². The van der Waals surface area contributed by atoms with Crippen LogP contribution in [0.1, 0.15) is 31.7 Å². The number of ether oxygens (including phenoxy) is 1. The zero-order chi connectivity index (χ0) is 19.4. The molecule has 0 aromatic heterocycles. The standard InChI is InChI=1S/C22H20F4O/c1-2-3-4-5-14-6-7-16-11-17(9-8-15(16)10-14)18-12-19(23)21(20(24)13-18)27-22(25)26/h6-13,22H,2-5H2,1H3. The maximum absolute atomic E-state index is 14.0. The number of halogens is 4. The zero-order valence-corrected chi connectivity index (χ0v) is 14.9. The second-order valence-corrected chi connectivity index (χ2v) is 6.50. The predicted octanol–water partition coefficient (Wildman–Crippen LogP) is 7.12. The third-order valence-corrected chi connectivity index (χ3v) is 4.51. The topological polar surface area (TPSA) is 9.23 Å². The number of hydrogen-bond acceptors (Lipinski definition) is 1. The van der Waals surface area contributed by atoms with Gasteiger partial charge in [0.25, 0.3) is 0 Å². The highest BCUT2D eigenvalue weighted by atomic mass is 19.3. The molecule has 142 valence electrons. The van der Waals surface area contributed by atoms with Crippen LogP contribution in [0.25, 0.3) is 21.9 Å². The van der Waals surface area contributed by atoms with E-state index in [0.717, 1.165) is 35.7 Å². The summed E-state index contributed by atoms with van der Waals surface area (Å²) >= 11 is 0. The van der Waals surface area contributed by atoms with Gasteiger partial charge in [-0.15, -0.1) is 0 Å². The van der Waals surface area contributed by atoms with Gasteiger partial charge in [-0.25, -0.2) is 8.78 Å². The van der Waals surface area contributed by atoms with Crippen LogP contribution in [0.5, 0.6) is 5.75 Å². The van der Waals surface area contributed by atoms with Crippen molar-refractivity contribution in [2.45, 2.75) is 39.2 Å². The number of fused-ring (bicyclic) bond motifs is 1. The number of hydrogen-bond donors (Lipinski definition) is 0. The third-order valence-electron chi connectivity index (χ3n) is 4.51. The number of benzene rings is 3. The molecule has 0 heterocycles. The fourth-order valence-electron chi connectivity index (χ4n) is 3.14. The van der Waals surface area contributed by atoms with Gasteiger partial charge in [-0.1, -0.05) is 50.1 Å². The summed E-state index contributed by atoms with van der Waals surface area (Å²) in [4.78, 5) is 0. The van der Waals surface area contributed by atoms with Gasteiger partial charge in [0.05, 0.1) is 0 Å². The lowest BCUT2D eigenvalue weighted by Gasteiger charge is -2.10. The molecule has 0 aliphatic carbocycles. The van der Waals surface area contributed by atoms with Crippen molar-refractivity contribution in [1.82, 2.24) is 0 Å². The van der Waals surface area contributed by atoms with E-state index in [2.05, 4.69) is 23.8 Å². The molecule has 0 saturated carbocycles. The predicted molar refractivity (Wildman–Crippen MR) is 99.2 cm³/mol. The Morgan fingerprint density at radius 1 is 0.815 bits per heavy atom. The second-order valence-electron chi connectivity index (χ2n) is 6.50. The van der Waals surface area contributed by atoms with Crippen LogP contribution < -0.4 is 4.74 Å². The summed E-state index contributed by atoms with van der Waals surface area (Å²) in [6, 6.07) is 13.7. The van der Waals surface area contributed by atoms with Gasteiger partial charge < -0.3 is 4.74 Å². The largest absolute Gasteiger partial charge is 0.429 e. The van der Waals surface area contributed by atoms with Gasteiger partial charge in [-0.05, 0) is 58.5 Å². The number of alkyl halides is 2. The molecule has 0 unspecified atom stereocenters. The van der Waals surface area contributed by atoms with Crippen molar-refractivity contribution >= 4 is 10.8 Å². The van der Waals surface area contributed by atoms with E-state index in [4.69, 9.17) is 0 Å². The fraction of sp³-hybridized carbons (Fsp3) is 0.273. The monoisotopic (exact) mass is 376 g/mol. The highest BCUT2D eigenvalue weighted by Gasteiger charge is 2.17. The Kier molecular flexibility index (Phi) is 5.99. The molecule has 0 atom stereocenters. The molecule has 0 radical (unpaired) electrons. The Morgan fingerprint density at radius 3 is 2.15 bits per heavy atom. The Hall–Kier alpha value is -2.56. The molecule has 0 saturated heterocycles. The summed E-state index contributed by atoms with van der Waals surface area (Å²) in [5.41, 5.74) is 2.12. The molecular formula is C22H20F4O. The molecule has 0 aliphatic heterocycles. The lowest BCUT2D eigenvalue weighted by molar-refractivity contribution is -0.0546. The molecule has 5 heteroatoms. The van der Waals surface area contributed by atoms with E-state index in [1.165, 1.54) is 18.4 Å². The highest BCUT2D eigenvalue weighted by molar-refractivity contribution is 5.88. The number of aryl methyl sites for hydroxylation is 1. The average molecular weight is 376 g/mol. The first-order valence-corrected chi connectivity index (χ1v) is 8.95. The average Bonchev–Trinajstić information content (AvgIpc) is 2.64. The molecule has 0 spiro atoms. The summed E-state index contributed by atoms with van der Waals surface area (Å²) < 4.78 is 56.4. The molecule has 3 aromatic rings. The zero-order valence-electron chi connectivity index (χ0n) is 14.9. The first-order chi connectivity index (χ1) is 13.0. The second kappa shape index (κ2) is 8.42. The van der Waals surface area contributed by atoms with Crippen molar-refractivity contribution in [2.75, 3.05) is 0 Å². The minimum Gasteiger partial charge on any atom is -0.429 e. The van der Waals surface area contributed by atoms with Gasteiger partial charge >= 0.3 is 6.61 Å². The van der Waals surface area contributed by atoms with E-state index in [1.54, 1.807) is 6.07 Å². The smallest absolute Gasteiger partial charge is 0.387 e.